The fourth-order valence-electron chi connectivity index (χ4n) is 4.81. The summed E-state index contributed by atoms with van der Waals surface area (Å²) in [4.78, 5) is 38.0. The molecule has 39 heavy (non-hydrogen) atoms. The maximum atomic E-state index is 12.8. The molecule has 2 aromatic carbocycles. The molecule has 0 fully saturated rings. The molecule has 2 heterocycles. The van der Waals surface area contributed by atoms with Crippen molar-refractivity contribution in [3.05, 3.63) is 93.1 Å². The molecule has 0 saturated heterocycles. The van der Waals surface area contributed by atoms with Crippen molar-refractivity contribution in [2.45, 2.75) is 53.4 Å². The Bertz CT molecular complexity index is 1630. The predicted molar refractivity (Wildman–Crippen MR) is 147 cm³/mol. The van der Waals surface area contributed by atoms with Crippen molar-refractivity contribution >= 4 is 34.4 Å². The maximum Gasteiger partial charge on any atom is 0.305 e. The van der Waals surface area contributed by atoms with Gasteiger partial charge in [-0.2, -0.15) is 5.10 Å². The number of hydrogen-bond acceptors (Lipinski definition) is 6. The summed E-state index contributed by atoms with van der Waals surface area (Å²) in [5, 5.41) is 5.31. The number of hydrazine groups is 1. The smallest absolute Gasteiger partial charge is 0.305 e. The molecule has 0 radical (unpaired) electrons. The number of hydrogen-bond donors (Lipinski definition) is 3. The number of nitrogens with one attached hydrogen (secondary N) is 3. The summed E-state index contributed by atoms with van der Waals surface area (Å²) in [5.74, 6) is -0.538. The monoisotopic (exact) mass is 526 g/mol. The Morgan fingerprint density at radius 1 is 0.897 bits per heavy atom. The van der Waals surface area contributed by atoms with Crippen LogP contribution < -0.4 is 16.3 Å². The minimum atomic E-state index is -0.567. The first-order valence-electron chi connectivity index (χ1n) is 12.8. The van der Waals surface area contributed by atoms with E-state index in [-0.39, 0.29) is 18.1 Å². The van der Waals surface area contributed by atoms with Crippen LogP contribution in [0.3, 0.4) is 0 Å². The molecule has 9 nitrogen and oxygen atoms in total. The Kier molecular flexibility index (Phi) is 7.06. The number of furan rings is 2. The number of fused-ring (bicyclic) bond motifs is 2. The molecular formula is C30H30N4O5. The van der Waals surface area contributed by atoms with Gasteiger partial charge in [-0.1, -0.05) is 29.8 Å². The summed E-state index contributed by atoms with van der Waals surface area (Å²) < 4.78 is 11.6. The van der Waals surface area contributed by atoms with E-state index < -0.39 is 11.8 Å². The molecule has 0 atom stereocenters. The van der Waals surface area contributed by atoms with E-state index in [0.29, 0.717) is 35.4 Å². The zero-order valence-electron chi connectivity index (χ0n) is 22.4. The highest BCUT2D eigenvalue weighted by Gasteiger charge is 2.28. The van der Waals surface area contributed by atoms with Crippen LogP contribution in [0, 0.1) is 27.7 Å². The third-order valence-corrected chi connectivity index (χ3v) is 7.14. The van der Waals surface area contributed by atoms with Crippen molar-refractivity contribution in [1.29, 1.82) is 0 Å². The molecular weight excluding hydrogens is 496 g/mol. The SMILES string of the molecule is Cc1ccc(C(=O)NNC(=O)c2oc3c(c2C)/C(=N/NC(=O)Cc2coc4c(C)c(C)ccc24)CCC3)cc1. The minimum absolute atomic E-state index is 0.0978. The van der Waals surface area contributed by atoms with Gasteiger partial charge in [-0.05, 0) is 63.8 Å². The minimum Gasteiger partial charge on any atom is -0.464 e. The summed E-state index contributed by atoms with van der Waals surface area (Å²) in [6.07, 6.45) is 3.78. The molecule has 0 aliphatic heterocycles. The fourth-order valence-corrected chi connectivity index (χ4v) is 4.81. The third-order valence-electron chi connectivity index (χ3n) is 7.14. The fraction of sp³-hybridized carbons (Fsp3) is 0.267. The van der Waals surface area contributed by atoms with E-state index in [1.807, 2.05) is 45.0 Å². The van der Waals surface area contributed by atoms with Crippen LogP contribution in [0.5, 0.6) is 0 Å². The Balaban J connectivity index is 1.27. The first-order valence-corrected chi connectivity index (χ1v) is 12.8. The van der Waals surface area contributed by atoms with Crippen LogP contribution in [-0.2, 0) is 17.6 Å². The van der Waals surface area contributed by atoms with Gasteiger partial charge in [0.2, 0.25) is 5.91 Å². The van der Waals surface area contributed by atoms with Gasteiger partial charge in [0.15, 0.2) is 5.76 Å². The molecule has 0 unspecified atom stereocenters. The Labute approximate surface area is 225 Å². The average molecular weight is 527 g/mol. The second-order valence-corrected chi connectivity index (χ2v) is 9.90. The second-order valence-electron chi connectivity index (χ2n) is 9.90. The highest BCUT2D eigenvalue weighted by Crippen LogP contribution is 2.30. The van der Waals surface area contributed by atoms with Gasteiger partial charge in [0.25, 0.3) is 5.91 Å². The number of rotatable bonds is 5. The van der Waals surface area contributed by atoms with Crippen LogP contribution in [0.1, 0.15) is 72.9 Å². The zero-order valence-corrected chi connectivity index (χ0v) is 22.4. The molecule has 4 aromatic rings. The van der Waals surface area contributed by atoms with Gasteiger partial charge < -0.3 is 8.83 Å². The lowest BCUT2D eigenvalue weighted by molar-refractivity contribution is -0.120. The van der Waals surface area contributed by atoms with Gasteiger partial charge in [-0.15, -0.1) is 0 Å². The van der Waals surface area contributed by atoms with Crippen molar-refractivity contribution in [3.8, 4) is 0 Å². The molecule has 3 N–H and O–H groups in total. The van der Waals surface area contributed by atoms with Crippen LogP contribution in [0.15, 0.2) is 56.6 Å². The molecule has 0 spiro atoms. The van der Waals surface area contributed by atoms with Gasteiger partial charge in [-0.25, -0.2) is 5.43 Å². The molecule has 9 heteroatoms. The standard InChI is InChI=1S/C30H30N4O5/c1-16-8-11-20(12-9-16)29(36)33-34-30(37)28-19(4)26-23(6-5-7-24(26)39-28)31-32-25(35)14-21-15-38-27-18(3)17(2)10-13-22(21)27/h8-13,15H,5-7,14H2,1-4H3,(H,32,35)(H,33,36)(H,34,37)/b31-23+. The normalized spacial score (nSPS) is 13.8. The van der Waals surface area contributed by atoms with Crippen molar-refractivity contribution in [2.24, 2.45) is 5.10 Å². The van der Waals surface area contributed by atoms with E-state index in [0.717, 1.165) is 45.2 Å². The van der Waals surface area contributed by atoms with Crippen LogP contribution in [0.4, 0.5) is 0 Å². The molecule has 3 amide bonds. The van der Waals surface area contributed by atoms with Gasteiger partial charge in [0, 0.05) is 34.1 Å². The maximum absolute atomic E-state index is 12.8. The quantitative estimate of drug-likeness (QED) is 0.324. The van der Waals surface area contributed by atoms with Gasteiger partial charge in [0.1, 0.15) is 11.3 Å². The Hall–Kier alpha value is -4.66. The van der Waals surface area contributed by atoms with Crippen LogP contribution in [0.25, 0.3) is 11.0 Å². The summed E-state index contributed by atoms with van der Waals surface area (Å²) >= 11 is 0. The summed E-state index contributed by atoms with van der Waals surface area (Å²) in [6.45, 7) is 7.71. The van der Waals surface area contributed by atoms with Crippen molar-refractivity contribution < 1.29 is 23.2 Å². The van der Waals surface area contributed by atoms with Gasteiger partial charge in [-0.3, -0.25) is 25.2 Å². The molecule has 2 aromatic heterocycles. The van der Waals surface area contributed by atoms with Crippen molar-refractivity contribution in [2.75, 3.05) is 0 Å². The number of nitrogens with zero attached hydrogens (tertiary/aromatic N) is 1. The van der Waals surface area contributed by atoms with E-state index >= 15 is 0 Å². The summed E-state index contributed by atoms with van der Waals surface area (Å²) in [5.41, 5.74) is 14.7. The van der Waals surface area contributed by atoms with Crippen LogP contribution >= 0.6 is 0 Å². The van der Waals surface area contributed by atoms with Crippen LogP contribution in [-0.4, -0.2) is 23.4 Å². The number of benzene rings is 2. The van der Waals surface area contributed by atoms with Gasteiger partial charge in [0.05, 0.1) is 18.4 Å². The van der Waals surface area contributed by atoms with E-state index in [9.17, 15) is 14.4 Å². The van der Waals surface area contributed by atoms with E-state index in [4.69, 9.17) is 8.83 Å². The first kappa shape index (κ1) is 26.0. The highest BCUT2D eigenvalue weighted by molar-refractivity contribution is 6.07. The summed E-state index contributed by atoms with van der Waals surface area (Å²) in [6, 6.07) is 11.0. The molecule has 1 aliphatic rings. The highest BCUT2D eigenvalue weighted by atomic mass is 16.4. The molecule has 200 valence electrons. The number of carbonyl (C=O) groups is 3. The van der Waals surface area contributed by atoms with E-state index in [1.54, 1.807) is 25.3 Å². The number of amides is 3. The molecule has 1 aliphatic carbocycles. The topological polar surface area (TPSA) is 126 Å². The lowest BCUT2D eigenvalue weighted by Gasteiger charge is -2.13. The summed E-state index contributed by atoms with van der Waals surface area (Å²) in [7, 11) is 0. The largest absolute Gasteiger partial charge is 0.464 e. The van der Waals surface area contributed by atoms with Gasteiger partial charge >= 0.3 is 5.91 Å². The van der Waals surface area contributed by atoms with E-state index in [2.05, 4.69) is 21.4 Å². The number of hydrazone groups is 1. The van der Waals surface area contributed by atoms with Crippen molar-refractivity contribution in [1.82, 2.24) is 16.3 Å². The Morgan fingerprint density at radius 3 is 2.41 bits per heavy atom. The second kappa shape index (κ2) is 10.6. The lowest BCUT2D eigenvalue weighted by Crippen LogP contribution is -2.41. The van der Waals surface area contributed by atoms with Crippen molar-refractivity contribution in [3.63, 3.8) is 0 Å². The average Bonchev–Trinajstić information content (AvgIpc) is 3.49. The lowest BCUT2D eigenvalue weighted by atomic mass is 9.93. The first-order chi connectivity index (χ1) is 18.7. The van der Waals surface area contributed by atoms with Crippen LogP contribution in [0.2, 0.25) is 0 Å². The molecule has 0 saturated carbocycles. The predicted octanol–water partition coefficient (Wildman–Crippen LogP) is 4.73. The molecule has 5 rings (SSSR count). The molecule has 0 bridgehead atoms. The van der Waals surface area contributed by atoms with E-state index in [1.165, 1.54) is 0 Å². The zero-order chi connectivity index (χ0) is 27.7. The number of carbonyl (C=O) groups excluding carboxylic acids is 3. The Morgan fingerprint density at radius 2 is 1.64 bits per heavy atom. The number of aryl methyl sites for hydroxylation is 4. The third kappa shape index (κ3) is 5.20.